The molecule has 0 fully saturated rings. The van der Waals surface area contributed by atoms with E-state index in [4.69, 9.17) is 16.3 Å². The summed E-state index contributed by atoms with van der Waals surface area (Å²) in [6, 6.07) is 0. The molecule has 0 spiro atoms. The predicted octanol–water partition coefficient (Wildman–Crippen LogP) is 1.57. The molecule has 0 bridgehead atoms. The predicted molar refractivity (Wildman–Crippen MR) is 54.9 cm³/mol. The number of aromatic nitrogens is 2. The van der Waals surface area contributed by atoms with E-state index >= 15 is 0 Å². The van der Waals surface area contributed by atoms with Gasteiger partial charge >= 0.3 is 5.82 Å². The first kappa shape index (κ1) is 11.9. The molecule has 0 aliphatic heterocycles. The minimum absolute atomic E-state index is 0.0506. The SMILES string of the molecule is CCOCCn1c([N+](=O)[O-])cnc1CCl. The molecule has 15 heavy (non-hydrogen) atoms. The number of nitro groups is 1. The average molecular weight is 234 g/mol. The summed E-state index contributed by atoms with van der Waals surface area (Å²) in [5.41, 5.74) is 0. The van der Waals surface area contributed by atoms with Crippen molar-refractivity contribution in [2.24, 2.45) is 0 Å². The van der Waals surface area contributed by atoms with Crippen molar-refractivity contribution in [1.82, 2.24) is 9.55 Å². The first-order valence-electron chi connectivity index (χ1n) is 4.53. The van der Waals surface area contributed by atoms with E-state index in [1.54, 1.807) is 0 Å². The fourth-order valence-electron chi connectivity index (χ4n) is 1.20. The van der Waals surface area contributed by atoms with Crippen LogP contribution in [0.25, 0.3) is 0 Å². The number of nitrogens with zero attached hydrogens (tertiary/aromatic N) is 3. The van der Waals surface area contributed by atoms with E-state index in [1.165, 1.54) is 10.8 Å². The van der Waals surface area contributed by atoms with Crippen LogP contribution in [0.1, 0.15) is 12.7 Å². The topological polar surface area (TPSA) is 70.2 Å². The van der Waals surface area contributed by atoms with Crippen LogP contribution in [-0.2, 0) is 17.2 Å². The summed E-state index contributed by atoms with van der Waals surface area (Å²) in [5.74, 6) is 0.591. The highest BCUT2D eigenvalue weighted by atomic mass is 35.5. The van der Waals surface area contributed by atoms with Crippen LogP contribution in [0, 0.1) is 10.1 Å². The summed E-state index contributed by atoms with van der Waals surface area (Å²) in [6.45, 7) is 3.26. The molecule has 1 rings (SSSR count). The van der Waals surface area contributed by atoms with Gasteiger partial charge in [-0.1, -0.05) is 0 Å². The van der Waals surface area contributed by atoms with Gasteiger partial charge in [-0.05, 0) is 11.8 Å². The summed E-state index contributed by atoms with van der Waals surface area (Å²) in [7, 11) is 0. The van der Waals surface area contributed by atoms with E-state index in [-0.39, 0.29) is 11.7 Å². The second-order valence-corrected chi connectivity index (χ2v) is 3.04. The van der Waals surface area contributed by atoms with Crippen molar-refractivity contribution in [2.75, 3.05) is 13.2 Å². The van der Waals surface area contributed by atoms with Gasteiger partial charge in [0.05, 0.1) is 6.61 Å². The maximum absolute atomic E-state index is 10.6. The third kappa shape index (κ3) is 2.90. The Morgan fingerprint density at radius 2 is 2.47 bits per heavy atom. The molecule has 0 unspecified atom stereocenters. The van der Waals surface area contributed by atoms with Gasteiger partial charge in [0.15, 0.2) is 0 Å². The third-order valence-electron chi connectivity index (χ3n) is 1.89. The van der Waals surface area contributed by atoms with Crippen molar-refractivity contribution in [3.63, 3.8) is 0 Å². The number of alkyl halides is 1. The normalized spacial score (nSPS) is 10.5. The summed E-state index contributed by atoms with van der Waals surface area (Å²) in [4.78, 5) is 14.0. The Kier molecular flexibility index (Phi) is 4.51. The van der Waals surface area contributed by atoms with Crippen LogP contribution in [-0.4, -0.2) is 27.7 Å². The standard InChI is InChI=1S/C8H12ClN3O3/c1-2-15-4-3-11-7(5-9)10-6-8(11)12(13)14/h6H,2-5H2,1H3. The Bertz CT molecular complexity index is 340. The molecule has 1 heterocycles. The smallest absolute Gasteiger partial charge is 0.342 e. The van der Waals surface area contributed by atoms with E-state index < -0.39 is 4.92 Å². The fourth-order valence-corrected chi connectivity index (χ4v) is 1.41. The lowest BCUT2D eigenvalue weighted by Crippen LogP contribution is -2.11. The minimum Gasteiger partial charge on any atom is -0.378 e. The van der Waals surface area contributed by atoms with E-state index in [0.717, 1.165) is 0 Å². The van der Waals surface area contributed by atoms with Gasteiger partial charge in [-0.3, -0.25) is 0 Å². The van der Waals surface area contributed by atoms with E-state index in [2.05, 4.69) is 4.98 Å². The molecule has 1 aromatic heterocycles. The van der Waals surface area contributed by atoms with Crippen LogP contribution in [0.15, 0.2) is 6.20 Å². The molecule has 0 saturated carbocycles. The molecule has 0 atom stereocenters. The molecular weight excluding hydrogens is 222 g/mol. The third-order valence-corrected chi connectivity index (χ3v) is 2.13. The lowest BCUT2D eigenvalue weighted by Gasteiger charge is -2.03. The van der Waals surface area contributed by atoms with Crippen molar-refractivity contribution in [2.45, 2.75) is 19.3 Å². The molecule has 0 aliphatic rings. The molecule has 84 valence electrons. The van der Waals surface area contributed by atoms with Crippen molar-refractivity contribution < 1.29 is 9.66 Å². The van der Waals surface area contributed by atoms with Gasteiger partial charge in [-0.15, -0.1) is 11.6 Å². The molecule has 0 amide bonds. The van der Waals surface area contributed by atoms with Crippen LogP contribution >= 0.6 is 11.6 Å². The minimum atomic E-state index is -0.477. The summed E-state index contributed by atoms with van der Waals surface area (Å²) in [6.07, 6.45) is 1.21. The molecule has 0 aliphatic carbocycles. The Morgan fingerprint density at radius 1 is 1.73 bits per heavy atom. The van der Waals surface area contributed by atoms with Crippen LogP contribution in [0.2, 0.25) is 0 Å². The quantitative estimate of drug-likeness (QED) is 0.324. The van der Waals surface area contributed by atoms with Gasteiger partial charge in [0, 0.05) is 6.61 Å². The average Bonchev–Trinajstić information content (AvgIpc) is 2.61. The van der Waals surface area contributed by atoms with Crippen molar-refractivity contribution >= 4 is 17.4 Å². The van der Waals surface area contributed by atoms with Crippen LogP contribution in [0.5, 0.6) is 0 Å². The highest BCUT2D eigenvalue weighted by molar-refractivity contribution is 6.16. The highest BCUT2D eigenvalue weighted by Crippen LogP contribution is 2.15. The molecule has 0 aromatic carbocycles. The summed E-state index contributed by atoms with van der Waals surface area (Å²) >= 11 is 5.62. The van der Waals surface area contributed by atoms with E-state index in [9.17, 15) is 10.1 Å². The molecule has 0 N–H and O–H groups in total. The van der Waals surface area contributed by atoms with Gasteiger partial charge in [0.2, 0.25) is 5.82 Å². The number of ether oxygens (including phenoxy) is 1. The van der Waals surface area contributed by atoms with Crippen molar-refractivity contribution in [3.05, 3.63) is 22.1 Å². The second-order valence-electron chi connectivity index (χ2n) is 2.77. The van der Waals surface area contributed by atoms with Crippen LogP contribution in [0.3, 0.4) is 0 Å². The van der Waals surface area contributed by atoms with Crippen LogP contribution < -0.4 is 0 Å². The molecule has 0 radical (unpaired) electrons. The van der Waals surface area contributed by atoms with Gasteiger partial charge < -0.3 is 14.9 Å². The Hall–Kier alpha value is -1.14. The maximum Gasteiger partial charge on any atom is 0.342 e. The number of rotatable bonds is 6. The molecule has 1 aromatic rings. The molecule has 7 heteroatoms. The maximum atomic E-state index is 10.6. The number of hydrogen-bond acceptors (Lipinski definition) is 4. The zero-order valence-electron chi connectivity index (χ0n) is 8.35. The monoisotopic (exact) mass is 233 g/mol. The van der Waals surface area contributed by atoms with Crippen molar-refractivity contribution in [1.29, 1.82) is 0 Å². The number of imidazole rings is 1. The second kappa shape index (κ2) is 5.67. The van der Waals surface area contributed by atoms with Crippen molar-refractivity contribution in [3.8, 4) is 0 Å². The fraction of sp³-hybridized carbons (Fsp3) is 0.625. The summed E-state index contributed by atoms with van der Waals surface area (Å²) < 4.78 is 6.59. The Labute approximate surface area is 92.0 Å². The zero-order chi connectivity index (χ0) is 11.3. The zero-order valence-corrected chi connectivity index (χ0v) is 9.11. The van der Waals surface area contributed by atoms with E-state index in [1.807, 2.05) is 6.92 Å². The van der Waals surface area contributed by atoms with Crippen LogP contribution in [0.4, 0.5) is 5.82 Å². The Morgan fingerprint density at radius 3 is 3.00 bits per heavy atom. The summed E-state index contributed by atoms with van der Waals surface area (Å²) in [5, 5.41) is 10.6. The van der Waals surface area contributed by atoms with Gasteiger partial charge in [0.1, 0.15) is 18.6 Å². The first-order valence-corrected chi connectivity index (χ1v) is 5.06. The van der Waals surface area contributed by atoms with Gasteiger partial charge in [-0.25, -0.2) is 9.55 Å². The van der Waals surface area contributed by atoms with Gasteiger partial charge in [-0.2, -0.15) is 0 Å². The number of halogens is 1. The lowest BCUT2D eigenvalue weighted by molar-refractivity contribution is -0.392. The molecule has 6 nitrogen and oxygen atoms in total. The first-order chi connectivity index (χ1) is 7.20. The number of hydrogen-bond donors (Lipinski definition) is 0. The van der Waals surface area contributed by atoms with E-state index in [0.29, 0.717) is 25.6 Å². The molecule has 0 saturated heterocycles. The highest BCUT2D eigenvalue weighted by Gasteiger charge is 2.18. The largest absolute Gasteiger partial charge is 0.378 e. The van der Waals surface area contributed by atoms with Gasteiger partial charge in [0.25, 0.3) is 0 Å². The Balaban J connectivity index is 2.80. The lowest BCUT2D eigenvalue weighted by atomic mass is 10.5. The molecular formula is C8H12ClN3O3.